The van der Waals surface area contributed by atoms with Crippen molar-refractivity contribution in [3.63, 3.8) is 0 Å². The zero-order chi connectivity index (χ0) is 14.7. The predicted molar refractivity (Wildman–Crippen MR) is 84.3 cm³/mol. The Morgan fingerprint density at radius 1 is 0.810 bits per heavy atom. The summed E-state index contributed by atoms with van der Waals surface area (Å²) in [6, 6.07) is 1.52. The van der Waals surface area contributed by atoms with Crippen LogP contribution in [0.1, 0.15) is 32.6 Å². The Hall–Kier alpha value is -0.650. The maximum Gasteiger partial charge on any atom is 0.219 e. The molecule has 5 nitrogen and oxygen atoms in total. The third kappa shape index (κ3) is 3.76. The lowest BCUT2D eigenvalue weighted by Crippen LogP contribution is -2.54. The number of carbonyl (C=O) groups excluding carboxylic acids is 1. The summed E-state index contributed by atoms with van der Waals surface area (Å²) in [4.78, 5) is 18.8. The van der Waals surface area contributed by atoms with Gasteiger partial charge in [0.05, 0.1) is 0 Å². The Labute approximate surface area is 128 Å². The van der Waals surface area contributed by atoms with Crippen LogP contribution in [0.25, 0.3) is 0 Å². The summed E-state index contributed by atoms with van der Waals surface area (Å²) in [6.07, 6.45) is 4.98. The van der Waals surface area contributed by atoms with E-state index in [0.29, 0.717) is 6.04 Å². The maximum atomic E-state index is 11.4. The van der Waals surface area contributed by atoms with E-state index in [1.165, 1.54) is 39.0 Å². The van der Waals surface area contributed by atoms with Gasteiger partial charge in [-0.25, -0.2) is 0 Å². The highest BCUT2D eigenvalue weighted by molar-refractivity contribution is 5.73. The third-order valence-electron chi connectivity index (χ3n) is 5.59. The molecule has 0 radical (unpaired) electrons. The highest BCUT2D eigenvalue weighted by Gasteiger charge is 2.30. The van der Waals surface area contributed by atoms with Crippen LogP contribution < -0.4 is 5.32 Å². The van der Waals surface area contributed by atoms with Crippen LogP contribution in [0, 0.1) is 0 Å². The van der Waals surface area contributed by atoms with Crippen molar-refractivity contribution in [2.75, 3.05) is 52.4 Å². The zero-order valence-corrected chi connectivity index (χ0v) is 13.4. The summed E-state index contributed by atoms with van der Waals surface area (Å²) in [6.45, 7) is 10.9. The van der Waals surface area contributed by atoms with E-state index < -0.39 is 0 Å². The normalized spacial score (nSPS) is 28.0. The van der Waals surface area contributed by atoms with Gasteiger partial charge in [-0.3, -0.25) is 9.69 Å². The van der Waals surface area contributed by atoms with Gasteiger partial charge in [0.1, 0.15) is 0 Å². The van der Waals surface area contributed by atoms with Crippen molar-refractivity contribution < 1.29 is 4.79 Å². The van der Waals surface area contributed by atoms with E-state index in [4.69, 9.17) is 0 Å². The summed E-state index contributed by atoms with van der Waals surface area (Å²) in [5.41, 5.74) is 0. The molecule has 0 unspecified atom stereocenters. The molecule has 3 fully saturated rings. The smallest absolute Gasteiger partial charge is 0.219 e. The fraction of sp³-hybridized carbons (Fsp3) is 0.938. The molecule has 0 aromatic rings. The largest absolute Gasteiger partial charge is 0.343 e. The molecule has 3 rings (SSSR count). The van der Waals surface area contributed by atoms with Gasteiger partial charge >= 0.3 is 0 Å². The van der Waals surface area contributed by atoms with Gasteiger partial charge in [0.25, 0.3) is 0 Å². The molecular formula is C16H30N4O. The first kappa shape index (κ1) is 15.3. The molecule has 0 spiro atoms. The SMILES string of the molecule is CC(=O)N1CCC(N2CCC(N3CCNCC3)CC2)CC1. The van der Waals surface area contributed by atoms with Crippen molar-refractivity contribution in [2.24, 2.45) is 0 Å². The van der Waals surface area contributed by atoms with Crippen molar-refractivity contribution in [3.05, 3.63) is 0 Å². The van der Waals surface area contributed by atoms with Crippen LogP contribution in [-0.4, -0.2) is 85.0 Å². The van der Waals surface area contributed by atoms with Crippen LogP contribution in [0.15, 0.2) is 0 Å². The van der Waals surface area contributed by atoms with E-state index in [9.17, 15) is 4.79 Å². The molecule has 0 aromatic carbocycles. The lowest BCUT2D eigenvalue weighted by atomic mass is 9.96. The molecule has 0 atom stereocenters. The van der Waals surface area contributed by atoms with Crippen LogP contribution in [0.3, 0.4) is 0 Å². The molecule has 3 heterocycles. The number of hydrogen-bond donors (Lipinski definition) is 1. The minimum Gasteiger partial charge on any atom is -0.343 e. The summed E-state index contributed by atoms with van der Waals surface area (Å²) in [5, 5.41) is 3.44. The molecule has 0 aromatic heterocycles. The van der Waals surface area contributed by atoms with Gasteiger partial charge in [0.15, 0.2) is 0 Å². The van der Waals surface area contributed by atoms with E-state index in [1.54, 1.807) is 6.92 Å². The first-order valence-corrected chi connectivity index (χ1v) is 8.68. The maximum absolute atomic E-state index is 11.4. The fourth-order valence-corrected chi connectivity index (χ4v) is 4.21. The Bertz CT molecular complexity index is 340. The molecule has 120 valence electrons. The number of carbonyl (C=O) groups is 1. The molecule has 21 heavy (non-hydrogen) atoms. The summed E-state index contributed by atoms with van der Waals surface area (Å²) < 4.78 is 0. The predicted octanol–water partition coefficient (Wildman–Crippen LogP) is 0.367. The summed E-state index contributed by atoms with van der Waals surface area (Å²) in [7, 11) is 0. The highest BCUT2D eigenvalue weighted by Crippen LogP contribution is 2.23. The number of amides is 1. The number of rotatable bonds is 2. The molecular weight excluding hydrogens is 264 g/mol. The molecule has 3 aliphatic rings. The molecule has 5 heteroatoms. The zero-order valence-electron chi connectivity index (χ0n) is 13.4. The second kappa shape index (κ2) is 7.07. The molecule has 3 aliphatic heterocycles. The van der Waals surface area contributed by atoms with Gasteiger partial charge in [-0.15, -0.1) is 0 Å². The number of likely N-dealkylation sites (tertiary alicyclic amines) is 2. The van der Waals surface area contributed by atoms with E-state index >= 15 is 0 Å². The minimum atomic E-state index is 0.242. The van der Waals surface area contributed by atoms with Gasteiger partial charge in [0, 0.05) is 58.3 Å². The van der Waals surface area contributed by atoms with Gasteiger partial charge < -0.3 is 15.1 Å². The topological polar surface area (TPSA) is 38.8 Å². The Morgan fingerprint density at radius 3 is 1.81 bits per heavy atom. The number of hydrogen-bond acceptors (Lipinski definition) is 4. The Kier molecular flexibility index (Phi) is 5.14. The second-order valence-electron chi connectivity index (χ2n) is 6.79. The van der Waals surface area contributed by atoms with Crippen molar-refractivity contribution >= 4 is 5.91 Å². The average molecular weight is 294 g/mol. The van der Waals surface area contributed by atoms with Crippen LogP contribution in [0.4, 0.5) is 0 Å². The van der Waals surface area contributed by atoms with Crippen LogP contribution >= 0.6 is 0 Å². The summed E-state index contributed by atoms with van der Waals surface area (Å²) in [5.74, 6) is 0.242. The first-order chi connectivity index (χ1) is 10.2. The average Bonchev–Trinajstić information content (AvgIpc) is 2.56. The van der Waals surface area contributed by atoms with Gasteiger partial charge in [0.2, 0.25) is 5.91 Å². The van der Waals surface area contributed by atoms with E-state index in [2.05, 4.69) is 15.1 Å². The summed E-state index contributed by atoms with van der Waals surface area (Å²) >= 11 is 0. The van der Waals surface area contributed by atoms with Crippen molar-refractivity contribution in [1.82, 2.24) is 20.0 Å². The van der Waals surface area contributed by atoms with E-state index in [0.717, 1.165) is 45.1 Å². The number of piperidine rings is 2. The van der Waals surface area contributed by atoms with Crippen molar-refractivity contribution in [1.29, 1.82) is 0 Å². The van der Waals surface area contributed by atoms with Gasteiger partial charge in [-0.1, -0.05) is 0 Å². The third-order valence-corrected chi connectivity index (χ3v) is 5.59. The molecule has 1 amide bonds. The first-order valence-electron chi connectivity index (χ1n) is 8.68. The number of nitrogens with zero attached hydrogens (tertiary/aromatic N) is 3. The second-order valence-corrected chi connectivity index (χ2v) is 6.79. The fourth-order valence-electron chi connectivity index (χ4n) is 4.21. The molecule has 0 bridgehead atoms. The standard InChI is InChI=1S/C16H30N4O/c1-14(21)18-8-2-15(3-9-18)19-10-4-16(5-11-19)20-12-6-17-7-13-20/h15-17H,2-13H2,1H3. The minimum absolute atomic E-state index is 0.242. The number of piperazine rings is 1. The monoisotopic (exact) mass is 294 g/mol. The molecule has 1 N–H and O–H groups in total. The van der Waals surface area contributed by atoms with Crippen LogP contribution in [-0.2, 0) is 4.79 Å². The highest BCUT2D eigenvalue weighted by atomic mass is 16.2. The molecule has 0 aliphatic carbocycles. The van der Waals surface area contributed by atoms with E-state index in [-0.39, 0.29) is 5.91 Å². The Balaban J connectivity index is 1.42. The van der Waals surface area contributed by atoms with Gasteiger partial charge in [-0.05, 0) is 38.8 Å². The molecule has 3 saturated heterocycles. The lowest BCUT2D eigenvalue weighted by Gasteiger charge is -2.44. The Morgan fingerprint density at radius 2 is 1.29 bits per heavy atom. The van der Waals surface area contributed by atoms with Gasteiger partial charge in [-0.2, -0.15) is 0 Å². The van der Waals surface area contributed by atoms with Crippen molar-refractivity contribution in [2.45, 2.75) is 44.7 Å². The van der Waals surface area contributed by atoms with Crippen LogP contribution in [0.5, 0.6) is 0 Å². The molecule has 0 saturated carbocycles. The van der Waals surface area contributed by atoms with Crippen LogP contribution in [0.2, 0.25) is 0 Å². The quantitative estimate of drug-likeness (QED) is 0.798. The van der Waals surface area contributed by atoms with E-state index in [1.807, 2.05) is 4.90 Å². The lowest BCUT2D eigenvalue weighted by molar-refractivity contribution is -0.130. The van der Waals surface area contributed by atoms with Crippen molar-refractivity contribution in [3.8, 4) is 0 Å². The number of nitrogens with one attached hydrogen (secondary N) is 1.